The van der Waals surface area contributed by atoms with Crippen LogP contribution >= 0.6 is 11.8 Å². The van der Waals surface area contributed by atoms with E-state index >= 15 is 0 Å². The van der Waals surface area contributed by atoms with Crippen molar-refractivity contribution in [3.05, 3.63) is 53.7 Å². The third-order valence-electron chi connectivity index (χ3n) is 3.27. The predicted molar refractivity (Wildman–Crippen MR) is 89.1 cm³/mol. The summed E-state index contributed by atoms with van der Waals surface area (Å²) in [7, 11) is 0. The highest BCUT2D eigenvalue weighted by molar-refractivity contribution is 7.99. The summed E-state index contributed by atoms with van der Waals surface area (Å²) in [5.74, 6) is 0.116. The van der Waals surface area contributed by atoms with Gasteiger partial charge in [-0.1, -0.05) is 43.8 Å². The Balaban J connectivity index is 1.94. The van der Waals surface area contributed by atoms with Gasteiger partial charge in [0.2, 0.25) is 5.91 Å². The lowest BCUT2D eigenvalue weighted by atomic mass is 10.0. The number of pyridine rings is 1. The van der Waals surface area contributed by atoms with Gasteiger partial charge < -0.3 is 5.32 Å². The molecule has 0 saturated carbocycles. The van der Waals surface area contributed by atoms with E-state index in [9.17, 15) is 18.0 Å². The van der Waals surface area contributed by atoms with Gasteiger partial charge in [0.05, 0.1) is 16.3 Å². The number of hydrogen-bond acceptors (Lipinski definition) is 3. The molecule has 0 unspecified atom stereocenters. The van der Waals surface area contributed by atoms with Crippen LogP contribution in [-0.2, 0) is 11.0 Å². The molecule has 0 aliphatic rings. The molecule has 2 aromatic rings. The molecule has 1 aromatic heterocycles. The average Bonchev–Trinajstić information content (AvgIpc) is 2.53. The van der Waals surface area contributed by atoms with E-state index in [-0.39, 0.29) is 17.6 Å². The fraction of sp³-hybridized carbons (Fsp3) is 0.294. The molecule has 0 bridgehead atoms. The molecule has 128 valence electrons. The number of carbonyl (C=O) groups is 1. The highest BCUT2D eigenvalue weighted by Crippen LogP contribution is 2.29. The molecule has 0 atom stereocenters. The molecule has 2 rings (SSSR count). The monoisotopic (exact) mass is 354 g/mol. The van der Waals surface area contributed by atoms with Crippen LogP contribution < -0.4 is 5.32 Å². The number of nitrogens with zero attached hydrogens (tertiary/aromatic N) is 1. The van der Waals surface area contributed by atoms with Gasteiger partial charge in [-0.2, -0.15) is 13.2 Å². The highest BCUT2D eigenvalue weighted by atomic mass is 32.2. The summed E-state index contributed by atoms with van der Waals surface area (Å²) >= 11 is 1.09. The van der Waals surface area contributed by atoms with E-state index in [1.807, 2.05) is 38.1 Å². The molecule has 0 aliphatic heterocycles. The SMILES string of the molecule is CC(C)c1ccccc1NC(=O)CSc1ccc(C(F)(F)F)cn1. The molecule has 1 amide bonds. The number of amides is 1. The second kappa shape index (κ2) is 7.70. The summed E-state index contributed by atoms with van der Waals surface area (Å²) in [4.78, 5) is 15.8. The van der Waals surface area contributed by atoms with Crippen molar-refractivity contribution in [1.29, 1.82) is 0 Å². The van der Waals surface area contributed by atoms with Crippen LogP contribution in [0.5, 0.6) is 0 Å². The zero-order valence-electron chi connectivity index (χ0n) is 13.2. The fourth-order valence-electron chi connectivity index (χ4n) is 2.07. The van der Waals surface area contributed by atoms with Gasteiger partial charge in [0.1, 0.15) is 0 Å². The van der Waals surface area contributed by atoms with Gasteiger partial charge in [0.15, 0.2) is 0 Å². The Morgan fingerprint density at radius 1 is 1.21 bits per heavy atom. The molecule has 0 aliphatic carbocycles. The molecular weight excluding hydrogens is 337 g/mol. The Bertz CT molecular complexity index is 700. The topological polar surface area (TPSA) is 42.0 Å². The van der Waals surface area contributed by atoms with E-state index in [1.165, 1.54) is 6.07 Å². The van der Waals surface area contributed by atoms with Crippen molar-refractivity contribution in [2.45, 2.75) is 31.0 Å². The van der Waals surface area contributed by atoms with Crippen LogP contribution in [0.15, 0.2) is 47.6 Å². The smallest absolute Gasteiger partial charge is 0.325 e. The normalized spacial score (nSPS) is 11.6. The fourth-order valence-corrected chi connectivity index (χ4v) is 2.72. The van der Waals surface area contributed by atoms with Crippen molar-refractivity contribution in [2.24, 2.45) is 0 Å². The molecule has 1 heterocycles. The number of thioether (sulfide) groups is 1. The Hall–Kier alpha value is -2.02. The minimum atomic E-state index is -4.41. The lowest BCUT2D eigenvalue weighted by molar-refractivity contribution is -0.137. The second-order valence-electron chi connectivity index (χ2n) is 5.46. The first kappa shape index (κ1) is 18.3. The Kier molecular flexibility index (Phi) is 5.88. The summed E-state index contributed by atoms with van der Waals surface area (Å²) in [6.07, 6.45) is -3.64. The average molecular weight is 354 g/mol. The van der Waals surface area contributed by atoms with Crippen LogP contribution in [0.25, 0.3) is 0 Å². The highest BCUT2D eigenvalue weighted by Gasteiger charge is 2.30. The van der Waals surface area contributed by atoms with E-state index in [0.29, 0.717) is 5.03 Å². The second-order valence-corrected chi connectivity index (χ2v) is 6.46. The first-order valence-corrected chi connectivity index (χ1v) is 8.30. The Morgan fingerprint density at radius 2 is 1.92 bits per heavy atom. The summed E-state index contributed by atoms with van der Waals surface area (Å²) in [5.41, 5.74) is 0.976. The van der Waals surface area contributed by atoms with Gasteiger partial charge in [0.25, 0.3) is 0 Å². The number of nitrogens with one attached hydrogen (secondary N) is 1. The van der Waals surface area contributed by atoms with Gasteiger partial charge in [-0.05, 0) is 29.7 Å². The number of benzene rings is 1. The third kappa shape index (κ3) is 4.99. The molecule has 0 radical (unpaired) electrons. The molecule has 7 heteroatoms. The Morgan fingerprint density at radius 3 is 2.50 bits per heavy atom. The standard InChI is InChI=1S/C17H17F3N2OS/c1-11(2)13-5-3-4-6-14(13)22-15(23)10-24-16-8-7-12(9-21-16)17(18,19)20/h3-9,11H,10H2,1-2H3,(H,22,23). The Labute approximate surface area is 142 Å². The minimum absolute atomic E-state index is 0.0742. The predicted octanol–water partition coefficient (Wildman–Crippen LogP) is 4.95. The molecule has 0 fully saturated rings. The van der Waals surface area contributed by atoms with E-state index in [0.717, 1.165) is 35.3 Å². The van der Waals surface area contributed by atoms with Crippen molar-refractivity contribution < 1.29 is 18.0 Å². The number of para-hydroxylation sites is 1. The molecular formula is C17H17F3N2OS. The number of rotatable bonds is 5. The number of alkyl halides is 3. The zero-order valence-corrected chi connectivity index (χ0v) is 14.0. The third-order valence-corrected chi connectivity index (χ3v) is 4.22. The summed E-state index contributed by atoms with van der Waals surface area (Å²) in [5, 5.41) is 3.20. The maximum Gasteiger partial charge on any atom is 0.417 e. The van der Waals surface area contributed by atoms with Crippen LogP contribution in [-0.4, -0.2) is 16.6 Å². The molecule has 1 aromatic carbocycles. The molecule has 3 nitrogen and oxygen atoms in total. The minimum Gasteiger partial charge on any atom is -0.325 e. The molecule has 0 saturated heterocycles. The largest absolute Gasteiger partial charge is 0.417 e. The number of aromatic nitrogens is 1. The van der Waals surface area contributed by atoms with Gasteiger partial charge >= 0.3 is 6.18 Å². The number of anilines is 1. The lowest BCUT2D eigenvalue weighted by Crippen LogP contribution is -2.15. The van der Waals surface area contributed by atoms with Crippen LogP contribution in [0.2, 0.25) is 0 Å². The van der Waals surface area contributed by atoms with Crippen LogP contribution in [0, 0.1) is 0 Å². The van der Waals surface area contributed by atoms with Gasteiger partial charge in [-0.15, -0.1) is 0 Å². The van der Waals surface area contributed by atoms with Gasteiger partial charge in [-0.3, -0.25) is 4.79 Å². The van der Waals surface area contributed by atoms with Crippen LogP contribution in [0.1, 0.15) is 30.9 Å². The molecule has 0 spiro atoms. The van der Waals surface area contributed by atoms with E-state index in [4.69, 9.17) is 0 Å². The van der Waals surface area contributed by atoms with Crippen molar-refractivity contribution in [1.82, 2.24) is 4.98 Å². The molecule has 24 heavy (non-hydrogen) atoms. The van der Waals surface area contributed by atoms with Crippen molar-refractivity contribution >= 4 is 23.4 Å². The number of carbonyl (C=O) groups excluding carboxylic acids is 1. The van der Waals surface area contributed by atoms with Crippen molar-refractivity contribution in [2.75, 3.05) is 11.1 Å². The summed E-state index contributed by atoms with van der Waals surface area (Å²) < 4.78 is 37.4. The van der Waals surface area contributed by atoms with Crippen LogP contribution in [0.3, 0.4) is 0 Å². The molecule has 1 N–H and O–H groups in total. The van der Waals surface area contributed by atoms with E-state index in [2.05, 4.69) is 10.3 Å². The van der Waals surface area contributed by atoms with Crippen molar-refractivity contribution in [3.63, 3.8) is 0 Å². The van der Waals surface area contributed by atoms with Crippen molar-refractivity contribution in [3.8, 4) is 0 Å². The first-order chi connectivity index (χ1) is 11.3. The maximum absolute atomic E-state index is 12.5. The zero-order chi connectivity index (χ0) is 17.7. The first-order valence-electron chi connectivity index (χ1n) is 7.32. The number of halogens is 3. The van der Waals surface area contributed by atoms with E-state index in [1.54, 1.807) is 0 Å². The van der Waals surface area contributed by atoms with Gasteiger partial charge in [0, 0.05) is 11.9 Å². The quantitative estimate of drug-likeness (QED) is 0.772. The van der Waals surface area contributed by atoms with Gasteiger partial charge in [-0.25, -0.2) is 4.98 Å². The lowest BCUT2D eigenvalue weighted by Gasteiger charge is -2.13. The number of hydrogen-bond donors (Lipinski definition) is 1. The summed E-state index contributed by atoms with van der Waals surface area (Å²) in [6, 6.07) is 9.75. The maximum atomic E-state index is 12.5. The summed E-state index contributed by atoms with van der Waals surface area (Å²) in [6.45, 7) is 4.07. The van der Waals surface area contributed by atoms with E-state index < -0.39 is 11.7 Å². The van der Waals surface area contributed by atoms with Crippen LogP contribution in [0.4, 0.5) is 18.9 Å².